The Morgan fingerprint density at radius 1 is 1.60 bits per heavy atom. The molecule has 0 fully saturated rings. The molecule has 10 heavy (non-hydrogen) atoms. The second-order valence-corrected chi connectivity index (χ2v) is 2.44. The molecule has 0 radical (unpaired) electrons. The molecule has 1 heteroatoms. The van der Waals surface area contributed by atoms with E-state index in [9.17, 15) is 4.79 Å². The predicted octanol–water partition coefficient (Wildman–Crippen LogP) is 1.87. The van der Waals surface area contributed by atoms with Gasteiger partial charge in [-0.1, -0.05) is 26.2 Å². The summed E-state index contributed by atoms with van der Waals surface area (Å²) in [6, 6.07) is 0. The van der Waals surface area contributed by atoms with Gasteiger partial charge in [-0.05, 0) is 12.8 Å². The molecule has 0 N–H and O–H groups in total. The van der Waals surface area contributed by atoms with Gasteiger partial charge in [0.1, 0.15) is 6.29 Å². The fourth-order valence-electron chi connectivity index (χ4n) is 0.731. The van der Waals surface area contributed by atoms with E-state index in [1.807, 2.05) is 6.92 Å². The van der Waals surface area contributed by atoms with Crippen molar-refractivity contribution in [1.82, 2.24) is 0 Å². The molecule has 0 aromatic carbocycles. The molecule has 0 rings (SSSR count). The minimum absolute atomic E-state index is 0.0602. The first-order valence-electron chi connectivity index (χ1n) is 3.63. The highest BCUT2D eigenvalue weighted by molar-refractivity contribution is 5.59. The molecule has 0 saturated heterocycles. The SMILES string of the molecule is CC#C[C@H](C=O)C(C)CC. The van der Waals surface area contributed by atoms with Crippen molar-refractivity contribution in [2.75, 3.05) is 0 Å². The fourth-order valence-corrected chi connectivity index (χ4v) is 0.731. The van der Waals surface area contributed by atoms with Crippen molar-refractivity contribution in [3.63, 3.8) is 0 Å². The molecular weight excluding hydrogens is 124 g/mol. The summed E-state index contributed by atoms with van der Waals surface area (Å²) in [6.45, 7) is 5.88. The lowest BCUT2D eigenvalue weighted by Gasteiger charge is -2.09. The summed E-state index contributed by atoms with van der Waals surface area (Å²) in [5.74, 6) is 5.95. The van der Waals surface area contributed by atoms with E-state index in [4.69, 9.17) is 0 Å². The van der Waals surface area contributed by atoms with E-state index in [0.29, 0.717) is 5.92 Å². The van der Waals surface area contributed by atoms with Gasteiger partial charge >= 0.3 is 0 Å². The van der Waals surface area contributed by atoms with Crippen molar-refractivity contribution in [3.05, 3.63) is 0 Å². The minimum atomic E-state index is -0.0602. The van der Waals surface area contributed by atoms with E-state index in [0.717, 1.165) is 12.7 Å². The first-order valence-corrected chi connectivity index (χ1v) is 3.63. The predicted molar refractivity (Wildman–Crippen MR) is 42.5 cm³/mol. The number of carbonyl (C=O) groups excluding carboxylic acids is 1. The van der Waals surface area contributed by atoms with Gasteiger partial charge in [-0.2, -0.15) is 0 Å². The van der Waals surface area contributed by atoms with Gasteiger partial charge in [0.25, 0.3) is 0 Å². The summed E-state index contributed by atoms with van der Waals surface area (Å²) in [6.07, 6.45) is 1.95. The van der Waals surface area contributed by atoms with Crippen LogP contribution in [-0.2, 0) is 4.79 Å². The van der Waals surface area contributed by atoms with Crippen LogP contribution in [0.25, 0.3) is 0 Å². The first kappa shape index (κ1) is 9.23. The summed E-state index contributed by atoms with van der Waals surface area (Å²) >= 11 is 0. The molecule has 2 atom stereocenters. The minimum Gasteiger partial charge on any atom is -0.302 e. The second kappa shape index (κ2) is 5.05. The molecule has 0 bridgehead atoms. The van der Waals surface area contributed by atoms with E-state index in [2.05, 4.69) is 18.8 Å². The monoisotopic (exact) mass is 138 g/mol. The van der Waals surface area contributed by atoms with Crippen molar-refractivity contribution >= 4 is 6.29 Å². The molecule has 0 amide bonds. The molecule has 0 aromatic rings. The van der Waals surface area contributed by atoms with Crippen molar-refractivity contribution < 1.29 is 4.79 Å². The summed E-state index contributed by atoms with van der Waals surface area (Å²) in [7, 11) is 0. The van der Waals surface area contributed by atoms with Crippen molar-refractivity contribution in [1.29, 1.82) is 0 Å². The smallest absolute Gasteiger partial charge is 0.135 e. The summed E-state index contributed by atoms with van der Waals surface area (Å²) in [5.41, 5.74) is 0. The van der Waals surface area contributed by atoms with E-state index in [-0.39, 0.29) is 5.92 Å². The van der Waals surface area contributed by atoms with Gasteiger partial charge < -0.3 is 4.79 Å². The summed E-state index contributed by atoms with van der Waals surface area (Å²) in [4.78, 5) is 10.4. The van der Waals surface area contributed by atoms with Gasteiger partial charge in [0.05, 0.1) is 5.92 Å². The van der Waals surface area contributed by atoms with Crippen LogP contribution in [0.4, 0.5) is 0 Å². The maximum Gasteiger partial charge on any atom is 0.135 e. The molecule has 1 nitrogen and oxygen atoms in total. The van der Waals surface area contributed by atoms with Crippen LogP contribution in [0.15, 0.2) is 0 Å². The van der Waals surface area contributed by atoms with E-state index in [1.165, 1.54) is 0 Å². The van der Waals surface area contributed by atoms with Gasteiger partial charge in [0.15, 0.2) is 0 Å². The Kier molecular flexibility index (Phi) is 4.66. The highest BCUT2D eigenvalue weighted by atomic mass is 16.1. The average Bonchev–Trinajstić information content (AvgIpc) is 1.99. The maximum atomic E-state index is 10.4. The van der Waals surface area contributed by atoms with Gasteiger partial charge in [-0.25, -0.2) is 0 Å². The molecule has 0 aromatic heterocycles. The van der Waals surface area contributed by atoms with Crippen LogP contribution >= 0.6 is 0 Å². The third-order valence-corrected chi connectivity index (χ3v) is 1.71. The van der Waals surface area contributed by atoms with Gasteiger partial charge in [0, 0.05) is 0 Å². The Bertz CT molecular complexity index is 150. The Hall–Kier alpha value is -0.770. The van der Waals surface area contributed by atoms with E-state index in [1.54, 1.807) is 6.92 Å². The molecular formula is C9H14O. The number of rotatable bonds is 3. The highest BCUT2D eigenvalue weighted by Gasteiger charge is 2.10. The standard InChI is InChI=1S/C9H14O/c1-4-6-9(7-10)8(3)5-2/h7-9H,5H2,1-3H3/t8?,9-/m1/s1. The van der Waals surface area contributed by atoms with Gasteiger partial charge in [-0.3, -0.25) is 0 Å². The quantitative estimate of drug-likeness (QED) is 0.430. The van der Waals surface area contributed by atoms with Crippen LogP contribution in [0.1, 0.15) is 27.2 Å². The van der Waals surface area contributed by atoms with Crippen molar-refractivity contribution in [2.24, 2.45) is 11.8 Å². The number of hydrogen-bond acceptors (Lipinski definition) is 1. The fraction of sp³-hybridized carbons (Fsp3) is 0.667. The second-order valence-electron chi connectivity index (χ2n) is 2.44. The summed E-state index contributed by atoms with van der Waals surface area (Å²) < 4.78 is 0. The van der Waals surface area contributed by atoms with Crippen LogP contribution in [0.5, 0.6) is 0 Å². The van der Waals surface area contributed by atoms with E-state index < -0.39 is 0 Å². The molecule has 1 unspecified atom stereocenters. The zero-order chi connectivity index (χ0) is 7.98. The third-order valence-electron chi connectivity index (χ3n) is 1.71. The molecule has 0 heterocycles. The lowest BCUT2D eigenvalue weighted by molar-refractivity contribution is -0.110. The number of hydrogen-bond donors (Lipinski definition) is 0. The largest absolute Gasteiger partial charge is 0.302 e. The lowest BCUT2D eigenvalue weighted by Crippen LogP contribution is -2.09. The lowest BCUT2D eigenvalue weighted by atomic mass is 9.94. The van der Waals surface area contributed by atoms with Crippen molar-refractivity contribution in [3.8, 4) is 11.8 Å². The summed E-state index contributed by atoms with van der Waals surface area (Å²) in [5, 5.41) is 0. The Balaban J connectivity index is 4.01. The zero-order valence-corrected chi connectivity index (χ0v) is 6.85. The maximum absolute atomic E-state index is 10.4. The Morgan fingerprint density at radius 2 is 2.20 bits per heavy atom. The number of aldehydes is 1. The molecule has 0 aliphatic carbocycles. The first-order chi connectivity index (χ1) is 4.76. The number of carbonyl (C=O) groups is 1. The Labute approximate surface area is 62.8 Å². The molecule has 0 saturated carbocycles. The topological polar surface area (TPSA) is 17.1 Å². The van der Waals surface area contributed by atoms with Crippen LogP contribution in [0.3, 0.4) is 0 Å². The van der Waals surface area contributed by atoms with Gasteiger partial charge in [-0.15, -0.1) is 5.92 Å². The molecule has 0 aliphatic heterocycles. The Morgan fingerprint density at radius 3 is 2.50 bits per heavy atom. The highest BCUT2D eigenvalue weighted by Crippen LogP contribution is 2.11. The van der Waals surface area contributed by atoms with Crippen LogP contribution in [-0.4, -0.2) is 6.29 Å². The van der Waals surface area contributed by atoms with Crippen LogP contribution in [0.2, 0.25) is 0 Å². The molecule has 0 aliphatic rings. The van der Waals surface area contributed by atoms with Crippen LogP contribution in [0, 0.1) is 23.7 Å². The van der Waals surface area contributed by atoms with E-state index >= 15 is 0 Å². The molecule has 0 spiro atoms. The molecule has 56 valence electrons. The zero-order valence-electron chi connectivity index (χ0n) is 6.85. The van der Waals surface area contributed by atoms with Crippen molar-refractivity contribution in [2.45, 2.75) is 27.2 Å². The van der Waals surface area contributed by atoms with Gasteiger partial charge in [0.2, 0.25) is 0 Å². The average molecular weight is 138 g/mol. The van der Waals surface area contributed by atoms with Crippen LogP contribution < -0.4 is 0 Å². The normalized spacial score (nSPS) is 14.7. The third kappa shape index (κ3) is 2.68.